The molecule has 0 aliphatic carbocycles. The predicted octanol–water partition coefficient (Wildman–Crippen LogP) is 1.83. The minimum Gasteiger partial charge on any atom is -0.467 e. The summed E-state index contributed by atoms with van der Waals surface area (Å²) in [5.74, 6) is 0.332. The second-order valence-electron chi connectivity index (χ2n) is 5.80. The topological polar surface area (TPSA) is 84.0 Å². The minimum absolute atomic E-state index is 0.0368. The number of amides is 1. The fraction of sp³-hybridized carbons (Fsp3) is 0.222. The number of benzene rings is 1. The molecule has 1 N–H and O–H groups in total. The quantitative estimate of drug-likeness (QED) is 0.786. The van der Waals surface area contributed by atoms with Crippen LogP contribution in [-0.2, 0) is 17.8 Å². The number of aromatic nitrogens is 4. The Morgan fingerprint density at radius 3 is 2.92 bits per heavy atom. The van der Waals surface area contributed by atoms with Crippen molar-refractivity contribution in [2.75, 3.05) is 13.2 Å². The smallest absolute Gasteiger partial charge is 0.260 e. The van der Waals surface area contributed by atoms with Crippen LogP contribution < -0.4 is 4.74 Å². The Balaban J connectivity index is 1.47. The molecule has 0 spiro atoms. The summed E-state index contributed by atoms with van der Waals surface area (Å²) in [5, 5.41) is 7.55. The fourth-order valence-electron chi connectivity index (χ4n) is 2.93. The van der Waals surface area contributed by atoms with Gasteiger partial charge in [0.2, 0.25) is 5.88 Å². The summed E-state index contributed by atoms with van der Waals surface area (Å²) in [4.78, 5) is 22.1. The Hall–Kier alpha value is -3.22. The van der Waals surface area contributed by atoms with E-state index in [9.17, 15) is 4.79 Å². The van der Waals surface area contributed by atoms with Gasteiger partial charge in [0, 0.05) is 48.6 Å². The molecule has 1 amide bonds. The molecule has 7 nitrogen and oxygen atoms in total. The maximum Gasteiger partial charge on any atom is 0.260 e. The summed E-state index contributed by atoms with van der Waals surface area (Å²) >= 11 is 0. The number of aromatic amines is 1. The van der Waals surface area contributed by atoms with Crippen molar-refractivity contribution in [3.8, 4) is 17.1 Å². The fourth-order valence-corrected chi connectivity index (χ4v) is 2.93. The average Bonchev–Trinajstić information content (AvgIpc) is 3.11. The summed E-state index contributed by atoms with van der Waals surface area (Å²) in [5.41, 5.74) is 4.13. The summed E-state index contributed by atoms with van der Waals surface area (Å²) < 4.78 is 5.44. The highest BCUT2D eigenvalue weighted by Crippen LogP contribution is 2.28. The van der Waals surface area contributed by atoms with Crippen molar-refractivity contribution in [3.05, 3.63) is 60.2 Å². The van der Waals surface area contributed by atoms with E-state index in [4.69, 9.17) is 4.74 Å². The lowest BCUT2D eigenvalue weighted by Gasteiger charge is -2.27. The van der Waals surface area contributed by atoms with E-state index >= 15 is 0 Å². The van der Waals surface area contributed by atoms with Crippen molar-refractivity contribution in [2.24, 2.45) is 0 Å². The highest BCUT2D eigenvalue weighted by Gasteiger charge is 2.25. The SMILES string of the molecule is O=C(COc1ccncn1)N1CCc2[nH]nc(-c3ccccc3)c2C1. The van der Waals surface area contributed by atoms with Crippen molar-refractivity contribution in [1.82, 2.24) is 25.1 Å². The number of H-pyrrole nitrogens is 1. The van der Waals surface area contributed by atoms with Gasteiger partial charge < -0.3 is 9.64 Å². The van der Waals surface area contributed by atoms with Gasteiger partial charge in [-0.05, 0) is 0 Å². The Morgan fingerprint density at radius 2 is 2.12 bits per heavy atom. The highest BCUT2D eigenvalue weighted by atomic mass is 16.5. The van der Waals surface area contributed by atoms with E-state index in [-0.39, 0.29) is 12.5 Å². The highest BCUT2D eigenvalue weighted by molar-refractivity contribution is 5.78. The van der Waals surface area contributed by atoms with Gasteiger partial charge in [-0.15, -0.1) is 0 Å². The van der Waals surface area contributed by atoms with Crippen LogP contribution >= 0.6 is 0 Å². The van der Waals surface area contributed by atoms with Crippen LogP contribution in [0.15, 0.2) is 48.9 Å². The van der Waals surface area contributed by atoms with Crippen molar-refractivity contribution >= 4 is 5.91 Å². The third-order valence-corrected chi connectivity index (χ3v) is 4.23. The van der Waals surface area contributed by atoms with Crippen LogP contribution in [-0.4, -0.2) is 44.1 Å². The van der Waals surface area contributed by atoms with Gasteiger partial charge in [-0.25, -0.2) is 9.97 Å². The first-order chi connectivity index (χ1) is 12.3. The maximum atomic E-state index is 12.5. The Bertz CT molecular complexity index is 864. The first-order valence-electron chi connectivity index (χ1n) is 8.09. The monoisotopic (exact) mass is 335 g/mol. The molecule has 2 aromatic heterocycles. The molecule has 0 radical (unpaired) electrons. The molecule has 0 saturated heterocycles. The zero-order chi connectivity index (χ0) is 17.1. The summed E-state index contributed by atoms with van der Waals surface area (Å²) in [6, 6.07) is 11.6. The van der Waals surface area contributed by atoms with Gasteiger partial charge in [0.15, 0.2) is 6.61 Å². The first-order valence-corrected chi connectivity index (χ1v) is 8.09. The lowest BCUT2D eigenvalue weighted by molar-refractivity contribution is -0.134. The second kappa shape index (κ2) is 6.72. The number of hydrogen-bond donors (Lipinski definition) is 1. The van der Waals surface area contributed by atoms with E-state index in [0.717, 1.165) is 28.9 Å². The van der Waals surface area contributed by atoms with Crippen molar-refractivity contribution in [2.45, 2.75) is 13.0 Å². The van der Waals surface area contributed by atoms with Crippen molar-refractivity contribution < 1.29 is 9.53 Å². The molecule has 126 valence electrons. The molecule has 0 unspecified atom stereocenters. The average molecular weight is 335 g/mol. The zero-order valence-electron chi connectivity index (χ0n) is 13.6. The molecule has 0 saturated carbocycles. The number of rotatable bonds is 4. The molecule has 3 heterocycles. The zero-order valence-corrected chi connectivity index (χ0v) is 13.6. The lowest BCUT2D eigenvalue weighted by atomic mass is 10.0. The number of nitrogens with zero attached hydrogens (tertiary/aromatic N) is 4. The van der Waals surface area contributed by atoms with Gasteiger partial charge >= 0.3 is 0 Å². The number of hydrogen-bond acceptors (Lipinski definition) is 5. The van der Waals surface area contributed by atoms with Crippen LogP contribution in [0.5, 0.6) is 5.88 Å². The molecule has 0 atom stereocenters. The van der Waals surface area contributed by atoms with E-state index in [2.05, 4.69) is 20.2 Å². The van der Waals surface area contributed by atoms with Gasteiger partial charge in [-0.1, -0.05) is 30.3 Å². The standard InChI is InChI=1S/C18H17N5O2/c24-17(11-25-16-6-8-19-12-20-16)23-9-7-15-14(10-23)18(22-21-15)13-4-2-1-3-5-13/h1-6,8,12H,7,9-11H2,(H,21,22). The molecule has 7 heteroatoms. The second-order valence-corrected chi connectivity index (χ2v) is 5.80. The number of fused-ring (bicyclic) bond motifs is 1. The molecule has 1 aromatic carbocycles. The van der Waals surface area contributed by atoms with Crippen LogP contribution in [0, 0.1) is 0 Å². The number of carbonyl (C=O) groups is 1. The third-order valence-electron chi connectivity index (χ3n) is 4.23. The van der Waals surface area contributed by atoms with E-state index in [1.165, 1.54) is 6.33 Å². The van der Waals surface area contributed by atoms with Crippen LogP contribution in [0.4, 0.5) is 0 Å². The number of carbonyl (C=O) groups excluding carboxylic acids is 1. The largest absolute Gasteiger partial charge is 0.467 e. The van der Waals surface area contributed by atoms with Crippen LogP contribution in [0.25, 0.3) is 11.3 Å². The van der Waals surface area contributed by atoms with Gasteiger partial charge in [0.1, 0.15) is 6.33 Å². The first kappa shape index (κ1) is 15.3. The van der Waals surface area contributed by atoms with E-state index in [1.54, 1.807) is 17.2 Å². The molecular weight excluding hydrogens is 318 g/mol. The van der Waals surface area contributed by atoms with Crippen molar-refractivity contribution in [3.63, 3.8) is 0 Å². The Labute approximate surface area is 144 Å². The van der Waals surface area contributed by atoms with Crippen molar-refractivity contribution in [1.29, 1.82) is 0 Å². The molecular formula is C18H17N5O2. The summed E-state index contributed by atoms with van der Waals surface area (Å²) in [6.07, 6.45) is 3.73. The molecule has 4 rings (SSSR count). The van der Waals surface area contributed by atoms with Gasteiger partial charge in [0.05, 0.1) is 5.69 Å². The summed E-state index contributed by atoms with van der Waals surface area (Å²) in [6.45, 7) is 1.14. The lowest BCUT2D eigenvalue weighted by Crippen LogP contribution is -2.38. The molecule has 0 fully saturated rings. The minimum atomic E-state index is -0.0653. The van der Waals surface area contributed by atoms with E-state index in [1.807, 2.05) is 30.3 Å². The number of ether oxygens (including phenoxy) is 1. The normalized spacial score (nSPS) is 13.4. The Morgan fingerprint density at radius 1 is 1.24 bits per heavy atom. The molecule has 1 aliphatic rings. The van der Waals surface area contributed by atoms with Gasteiger partial charge in [0.25, 0.3) is 5.91 Å². The van der Waals surface area contributed by atoms with Crippen LogP contribution in [0.3, 0.4) is 0 Å². The number of nitrogens with one attached hydrogen (secondary N) is 1. The van der Waals surface area contributed by atoms with Crippen LogP contribution in [0.1, 0.15) is 11.3 Å². The molecule has 25 heavy (non-hydrogen) atoms. The van der Waals surface area contributed by atoms with Gasteiger partial charge in [-0.2, -0.15) is 5.10 Å². The maximum absolute atomic E-state index is 12.5. The predicted molar refractivity (Wildman–Crippen MR) is 90.7 cm³/mol. The van der Waals surface area contributed by atoms with E-state index in [0.29, 0.717) is 19.0 Å². The molecule has 0 bridgehead atoms. The molecule has 3 aromatic rings. The Kier molecular flexibility index (Phi) is 4.12. The van der Waals surface area contributed by atoms with Gasteiger partial charge in [-0.3, -0.25) is 9.89 Å². The summed E-state index contributed by atoms with van der Waals surface area (Å²) in [7, 11) is 0. The van der Waals surface area contributed by atoms with E-state index < -0.39 is 0 Å². The third kappa shape index (κ3) is 3.21. The van der Waals surface area contributed by atoms with Crippen LogP contribution in [0.2, 0.25) is 0 Å². The molecule has 1 aliphatic heterocycles.